The maximum absolute atomic E-state index is 13.7. The molecule has 1 N–H and O–H groups in total. The molecule has 6 nitrogen and oxygen atoms in total. The molecule has 3 aromatic carbocycles. The van der Waals surface area contributed by atoms with Gasteiger partial charge in [0.2, 0.25) is 0 Å². The summed E-state index contributed by atoms with van der Waals surface area (Å²) in [4.78, 5) is 6.07. The lowest BCUT2D eigenvalue weighted by Crippen LogP contribution is -2.35. The van der Waals surface area contributed by atoms with Gasteiger partial charge in [-0.15, -0.1) is 0 Å². The molecular formula is C31H30F3N5OS. The van der Waals surface area contributed by atoms with E-state index in [4.69, 9.17) is 22.2 Å². The highest BCUT2D eigenvalue weighted by molar-refractivity contribution is 7.80. The second-order valence-corrected chi connectivity index (χ2v) is 9.90. The van der Waals surface area contributed by atoms with Crippen molar-refractivity contribution in [2.24, 2.45) is 0 Å². The number of hydrogen-bond donors (Lipinski definition) is 1. The quantitative estimate of drug-likeness (QED) is 0.152. The van der Waals surface area contributed by atoms with Crippen LogP contribution in [0, 0.1) is 11.3 Å². The number of imidazole rings is 1. The highest BCUT2D eigenvalue weighted by atomic mass is 32.1. The summed E-state index contributed by atoms with van der Waals surface area (Å²) in [6.07, 6.45) is 1.41. The topological polar surface area (TPSA) is 66.1 Å². The van der Waals surface area contributed by atoms with Gasteiger partial charge in [0.05, 0.1) is 30.6 Å². The molecular weight excluding hydrogens is 547 g/mol. The number of hydrogen-bond acceptors (Lipinski definition) is 4. The molecule has 0 saturated heterocycles. The average molecular weight is 578 g/mol. The summed E-state index contributed by atoms with van der Waals surface area (Å²) < 4.78 is 48.4. The Hall–Kier alpha value is -4.36. The number of nitrogens with zero attached hydrogens (tertiary/aromatic N) is 4. The van der Waals surface area contributed by atoms with E-state index in [0.717, 1.165) is 35.9 Å². The monoisotopic (exact) mass is 577 g/mol. The number of alkyl halides is 3. The highest BCUT2D eigenvalue weighted by Gasteiger charge is 2.33. The zero-order valence-electron chi connectivity index (χ0n) is 22.6. The molecule has 0 radical (unpaired) electrons. The van der Waals surface area contributed by atoms with Gasteiger partial charge in [-0.3, -0.25) is 0 Å². The van der Waals surface area contributed by atoms with E-state index in [1.807, 2.05) is 30.5 Å². The van der Waals surface area contributed by atoms with E-state index in [-0.39, 0.29) is 12.1 Å². The van der Waals surface area contributed by atoms with Gasteiger partial charge < -0.3 is 19.5 Å². The van der Waals surface area contributed by atoms with Gasteiger partial charge in [-0.2, -0.15) is 18.4 Å². The summed E-state index contributed by atoms with van der Waals surface area (Å²) >= 11 is 5.66. The molecule has 10 heteroatoms. The first kappa shape index (κ1) is 29.6. The fourth-order valence-corrected chi connectivity index (χ4v) is 4.73. The Morgan fingerprint density at radius 1 is 1.05 bits per heavy atom. The van der Waals surface area contributed by atoms with E-state index >= 15 is 0 Å². The van der Waals surface area contributed by atoms with E-state index in [2.05, 4.69) is 20.9 Å². The Kier molecular flexibility index (Phi) is 9.98. The van der Waals surface area contributed by atoms with E-state index in [9.17, 15) is 13.2 Å². The maximum Gasteiger partial charge on any atom is 0.416 e. The average Bonchev–Trinajstić information content (AvgIpc) is 3.41. The van der Waals surface area contributed by atoms with Gasteiger partial charge in [0.1, 0.15) is 5.75 Å². The third-order valence-electron chi connectivity index (χ3n) is 6.66. The summed E-state index contributed by atoms with van der Waals surface area (Å²) in [5, 5.41) is 12.5. The molecule has 0 unspecified atom stereocenters. The number of anilines is 1. The van der Waals surface area contributed by atoms with Gasteiger partial charge >= 0.3 is 6.18 Å². The Morgan fingerprint density at radius 2 is 1.78 bits per heavy atom. The van der Waals surface area contributed by atoms with Crippen molar-refractivity contribution >= 4 is 23.0 Å². The molecule has 0 atom stereocenters. The smallest absolute Gasteiger partial charge is 0.416 e. The van der Waals surface area contributed by atoms with Crippen LogP contribution in [0.2, 0.25) is 0 Å². The predicted molar refractivity (Wildman–Crippen MR) is 156 cm³/mol. The Labute approximate surface area is 243 Å². The van der Waals surface area contributed by atoms with E-state index in [1.165, 1.54) is 12.1 Å². The number of halogens is 3. The van der Waals surface area contributed by atoms with Crippen LogP contribution in [0.4, 0.5) is 18.9 Å². The summed E-state index contributed by atoms with van der Waals surface area (Å²) in [5.74, 6) is 0.691. The van der Waals surface area contributed by atoms with E-state index < -0.39 is 11.7 Å². The summed E-state index contributed by atoms with van der Waals surface area (Å²) in [5.41, 5.74) is 2.95. The third-order valence-corrected chi connectivity index (χ3v) is 7.02. The molecule has 0 aliphatic rings. The second-order valence-electron chi connectivity index (χ2n) is 9.51. The van der Waals surface area contributed by atoms with Gasteiger partial charge in [-0.1, -0.05) is 30.3 Å². The molecule has 0 saturated carbocycles. The summed E-state index contributed by atoms with van der Waals surface area (Å²) in [6, 6.07) is 22.3. The minimum Gasteiger partial charge on any atom is -0.497 e. The molecule has 0 bridgehead atoms. The number of ether oxygens (including phenoxy) is 1. The van der Waals surface area contributed by atoms with E-state index in [1.54, 1.807) is 48.7 Å². The zero-order valence-corrected chi connectivity index (χ0v) is 23.4. The number of benzene rings is 3. The van der Waals surface area contributed by atoms with Gasteiger partial charge in [-0.25, -0.2) is 4.98 Å². The number of unbranched alkanes of at least 4 members (excludes halogenated alkanes) is 1. The van der Waals surface area contributed by atoms with Crippen LogP contribution in [0.5, 0.6) is 5.75 Å². The zero-order chi connectivity index (χ0) is 29.2. The van der Waals surface area contributed by atoms with Gasteiger partial charge in [0.15, 0.2) is 5.11 Å². The van der Waals surface area contributed by atoms with Crippen molar-refractivity contribution in [3.63, 3.8) is 0 Å². The summed E-state index contributed by atoms with van der Waals surface area (Å²) in [6.45, 7) is 1.13. The van der Waals surface area contributed by atoms with Crippen molar-refractivity contribution in [1.29, 1.82) is 5.26 Å². The van der Waals surface area contributed by atoms with Crippen molar-refractivity contribution in [3.05, 3.63) is 113 Å². The Bertz CT molecular complexity index is 1480. The second kappa shape index (κ2) is 13.8. The van der Waals surface area contributed by atoms with Crippen LogP contribution < -0.4 is 10.1 Å². The van der Waals surface area contributed by atoms with Crippen molar-refractivity contribution in [2.75, 3.05) is 19.0 Å². The number of nitriles is 1. The molecule has 212 valence electrons. The number of aryl methyl sites for hydroxylation is 1. The first-order valence-corrected chi connectivity index (χ1v) is 13.5. The van der Waals surface area contributed by atoms with Crippen molar-refractivity contribution in [1.82, 2.24) is 14.5 Å². The number of nitrogens with one attached hydrogen (secondary N) is 1. The van der Waals surface area contributed by atoms with Crippen molar-refractivity contribution < 1.29 is 17.9 Å². The standard InChI is InChI=1S/C31H30F3N5OS/c1-40-28-15-13-26(14-16-28)37-30(41)38(21-25-6-2-3-8-29(25)31(32,33)34)17-5-4-7-27-19-36-22-39(27)20-24-11-9-23(18-35)10-12-24/h2-3,6,8-16,19,22H,4-5,7,17,20-21H2,1H3,(H,37,41). The van der Waals surface area contributed by atoms with Gasteiger partial charge in [0.25, 0.3) is 0 Å². The molecule has 1 heterocycles. The first-order valence-electron chi connectivity index (χ1n) is 13.1. The molecule has 1 aromatic heterocycles. The molecule has 0 fully saturated rings. The minimum atomic E-state index is -4.46. The lowest BCUT2D eigenvalue weighted by Gasteiger charge is -2.27. The van der Waals surface area contributed by atoms with E-state index in [0.29, 0.717) is 35.9 Å². The molecule has 0 aliphatic carbocycles. The number of rotatable bonds is 11. The van der Waals surface area contributed by atoms with Crippen LogP contribution in [0.3, 0.4) is 0 Å². The largest absolute Gasteiger partial charge is 0.497 e. The van der Waals surface area contributed by atoms with Gasteiger partial charge in [0, 0.05) is 37.2 Å². The first-order chi connectivity index (χ1) is 19.8. The lowest BCUT2D eigenvalue weighted by molar-refractivity contribution is -0.138. The molecule has 0 aliphatic heterocycles. The van der Waals surface area contributed by atoms with Crippen molar-refractivity contribution in [3.8, 4) is 11.8 Å². The SMILES string of the molecule is COc1ccc(NC(=S)N(CCCCc2cncn2Cc2ccc(C#N)cc2)Cc2ccccc2C(F)(F)F)cc1. The van der Waals surface area contributed by atoms with Crippen LogP contribution in [-0.4, -0.2) is 33.2 Å². The van der Waals surface area contributed by atoms with Gasteiger partial charge in [-0.05, 0) is 85.1 Å². The molecule has 0 amide bonds. The normalized spacial score (nSPS) is 11.1. The number of thiocarbonyl (C=S) groups is 1. The predicted octanol–water partition coefficient (Wildman–Crippen LogP) is 7.05. The maximum atomic E-state index is 13.7. The lowest BCUT2D eigenvalue weighted by atomic mass is 10.1. The van der Waals surface area contributed by atoms with Crippen LogP contribution in [0.15, 0.2) is 85.3 Å². The van der Waals surface area contributed by atoms with Crippen LogP contribution in [0.25, 0.3) is 0 Å². The fraction of sp³-hybridized carbons (Fsp3) is 0.258. The Balaban J connectivity index is 1.42. The molecule has 41 heavy (non-hydrogen) atoms. The Morgan fingerprint density at radius 3 is 2.46 bits per heavy atom. The highest BCUT2D eigenvalue weighted by Crippen LogP contribution is 2.32. The minimum absolute atomic E-state index is 0.0221. The van der Waals surface area contributed by atoms with Crippen LogP contribution in [0.1, 0.15) is 40.8 Å². The molecule has 4 aromatic rings. The molecule has 0 spiro atoms. The molecule has 4 rings (SSSR count). The third kappa shape index (κ3) is 8.32. The van der Waals surface area contributed by atoms with Crippen molar-refractivity contribution in [2.45, 2.75) is 38.5 Å². The summed E-state index contributed by atoms with van der Waals surface area (Å²) in [7, 11) is 1.58. The van der Waals surface area contributed by atoms with Crippen LogP contribution in [-0.2, 0) is 25.7 Å². The number of aromatic nitrogens is 2. The van der Waals surface area contributed by atoms with Crippen LogP contribution >= 0.6 is 12.2 Å². The fourth-order valence-electron chi connectivity index (χ4n) is 4.46. The number of methoxy groups -OCH3 is 1.